The molecule has 0 atom stereocenters. The fraction of sp³-hybridized carbons (Fsp3) is 0. The van der Waals surface area contributed by atoms with Crippen LogP contribution >= 0.6 is 31.9 Å². The van der Waals surface area contributed by atoms with Gasteiger partial charge in [-0.25, -0.2) is 0 Å². The molecule has 2 aromatic rings. The van der Waals surface area contributed by atoms with Gasteiger partial charge >= 0.3 is 0 Å². The van der Waals surface area contributed by atoms with E-state index < -0.39 is 17.3 Å². The Kier molecular flexibility index (Phi) is 6.58. The second kappa shape index (κ2) is 8.66. The van der Waals surface area contributed by atoms with Gasteiger partial charge in [-0.2, -0.15) is 0 Å². The van der Waals surface area contributed by atoms with Crippen LogP contribution in [0.5, 0.6) is 0 Å². The molecule has 0 amide bonds. The molecule has 0 aromatic heterocycles. The Balaban J connectivity index is 2.13. The summed E-state index contributed by atoms with van der Waals surface area (Å²) in [4.78, 5) is 35.9. The zero-order valence-electron chi connectivity index (χ0n) is 12.4. The second-order valence-electron chi connectivity index (χ2n) is 4.77. The lowest BCUT2D eigenvalue weighted by atomic mass is 10.1. The highest BCUT2D eigenvalue weighted by molar-refractivity contribution is 9.15. The molecule has 0 fully saturated rings. The molecule has 0 aliphatic carbocycles. The zero-order chi connectivity index (χ0) is 17.5. The van der Waals surface area contributed by atoms with Crippen molar-refractivity contribution < 1.29 is 14.4 Å². The minimum absolute atomic E-state index is 0.445. The number of halogens is 2. The van der Waals surface area contributed by atoms with E-state index in [1.54, 1.807) is 24.3 Å². The van der Waals surface area contributed by atoms with Crippen molar-refractivity contribution >= 4 is 58.2 Å². The summed E-state index contributed by atoms with van der Waals surface area (Å²) in [6.45, 7) is 0. The number of allylic oxidation sites excluding steroid dienone is 2. The Morgan fingerprint density at radius 2 is 0.958 bits per heavy atom. The lowest BCUT2D eigenvalue weighted by Crippen LogP contribution is -2.20. The van der Waals surface area contributed by atoms with Gasteiger partial charge in [0.05, 0.1) is 0 Å². The summed E-state index contributed by atoms with van der Waals surface area (Å²) in [6, 6.07) is 18.0. The summed E-state index contributed by atoms with van der Waals surface area (Å²) in [5, 5.41) is 0. The zero-order valence-corrected chi connectivity index (χ0v) is 15.6. The predicted octanol–water partition coefficient (Wildman–Crippen LogP) is 4.57. The molecule has 3 nitrogen and oxygen atoms in total. The van der Waals surface area contributed by atoms with Crippen LogP contribution < -0.4 is 0 Å². The number of hydrogen-bond donors (Lipinski definition) is 0. The van der Waals surface area contributed by atoms with E-state index in [9.17, 15) is 14.4 Å². The van der Waals surface area contributed by atoms with Crippen LogP contribution in [0.3, 0.4) is 0 Å². The average molecular weight is 448 g/mol. The van der Waals surface area contributed by atoms with Gasteiger partial charge < -0.3 is 0 Å². The highest BCUT2D eigenvalue weighted by atomic mass is 79.9. The van der Waals surface area contributed by atoms with Crippen LogP contribution in [-0.2, 0) is 14.4 Å². The third-order valence-corrected chi connectivity index (χ3v) is 4.44. The molecule has 0 aliphatic rings. The summed E-state index contributed by atoms with van der Waals surface area (Å²) in [5.41, 5.74) is 1.49. The van der Waals surface area contributed by atoms with Crippen LogP contribution in [-0.4, -0.2) is 17.3 Å². The average Bonchev–Trinajstić information content (AvgIpc) is 2.62. The second-order valence-corrected chi connectivity index (χ2v) is 6.48. The molecule has 0 aliphatic heterocycles. The number of Topliss-reactive ketones (excluding diaryl/α,β-unsaturated/α-hetero) is 1. The minimum Gasteiger partial charge on any atom is -0.285 e. The summed E-state index contributed by atoms with van der Waals surface area (Å²) >= 11 is 6.49. The van der Waals surface area contributed by atoms with Crippen molar-refractivity contribution in [1.29, 1.82) is 0 Å². The highest BCUT2D eigenvalue weighted by Gasteiger charge is 2.20. The van der Waals surface area contributed by atoms with Crippen molar-refractivity contribution in [2.75, 3.05) is 0 Å². The predicted molar refractivity (Wildman–Crippen MR) is 102 cm³/mol. The Hall–Kier alpha value is -2.11. The van der Waals surface area contributed by atoms with Crippen LogP contribution in [0, 0.1) is 0 Å². The van der Waals surface area contributed by atoms with Gasteiger partial charge in [-0.3, -0.25) is 14.4 Å². The number of ketones is 3. The Labute approximate surface area is 156 Å². The van der Waals surface area contributed by atoms with Gasteiger partial charge in [0.1, 0.15) is 0 Å². The molecular weight excluding hydrogens is 436 g/mol. The van der Waals surface area contributed by atoms with Crippen molar-refractivity contribution in [1.82, 2.24) is 0 Å². The normalized spacial score (nSPS) is 11.9. The SMILES string of the molecule is O=C(C=C(Br)c1ccccc1)C(=O)C(=O)C=C(Br)c1ccccc1. The molecular formula is C19H12Br2O3. The van der Waals surface area contributed by atoms with Crippen LogP contribution in [0.4, 0.5) is 0 Å². The fourth-order valence-electron chi connectivity index (χ4n) is 1.84. The van der Waals surface area contributed by atoms with Crippen molar-refractivity contribution in [3.05, 3.63) is 83.9 Å². The first-order chi connectivity index (χ1) is 11.5. The lowest BCUT2D eigenvalue weighted by Gasteiger charge is -1.99. The van der Waals surface area contributed by atoms with E-state index in [1.165, 1.54) is 0 Å². The quantitative estimate of drug-likeness (QED) is 0.370. The summed E-state index contributed by atoms with van der Waals surface area (Å²) < 4.78 is 0.890. The summed E-state index contributed by atoms with van der Waals surface area (Å²) in [6.07, 6.45) is 2.22. The van der Waals surface area contributed by atoms with E-state index in [2.05, 4.69) is 31.9 Å². The van der Waals surface area contributed by atoms with E-state index >= 15 is 0 Å². The molecule has 0 unspecified atom stereocenters. The van der Waals surface area contributed by atoms with E-state index in [0.717, 1.165) is 23.3 Å². The largest absolute Gasteiger partial charge is 0.285 e. The van der Waals surface area contributed by atoms with Gasteiger partial charge in [0.15, 0.2) is 0 Å². The molecule has 0 bridgehead atoms. The summed E-state index contributed by atoms with van der Waals surface area (Å²) in [5.74, 6) is -2.84. The van der Waals surface area contributed by atoms with E-state index in [0.29, 0.717) is 8.96 Å². The topological polar surface area (TPSA) is 51.2 Å². The maximum Gasteiger partial charge on any atom is 0.272 e. The number of carbonyl (C=O) groups is 3. The number of carbonyl (C=O) groups excluding carboxylic acids is 3. The molecule has 24 heavy (non-hydrogen) atoms. The first-order valence-corrected chi connectivity index (χ1v) is 8.55. The monoisotopic (exact) mass is 446 g/mol. The molecule has 0 saturated heterocycles. The third kappa shape index (κ3) is 4.94. The smallest absolute Gasteiger partial charge is 0.272 e. The molecule has 2 aromatic carbocycles. The molecule has 0 heterocycles. The van der Waals surface area contributed by atoms with Crippen molar-refractivity contribution in [2.45, 2.75) is 0 Å². The standard InChI is InChI=1S/C19H12Br2O3/c20-15(13-7-3-1-4-8-13)11-17(22)19(24)18(23)12-16(21)14-9-5-2-6-10-14/h1-12H. The van der Waals surface area contributed by atoms with E-state index in [-0.39, 0.29) is 0 Å². The number of rotatable bonds is 6. The molecule has 5 heteroatoms. The van der Waals surface area contributed by atoms with Crippen LogP contribution in [0.15, 0.2) is 72.8 Å². The lowest BCUT2D eigenvalue weighted by molar-refractivity contribution is -0.140. The Morgan fingerprint density at radius 3 is 1.29 bits per heavy atom. The van der Waals surface area contributed by atoms with Crippen molar-refractivity contribution in [2.24, 2.45) is 0 Å². The number of hydrogen-bond acceptors (Lipinski definition) is 3. The van der Waals surface area contributed by atoms with Gasteiger partial charge in [-0.05, 0) is 11.1 Å². The minimum atomic E-state index is -1.09. The van der Waals surface area contributed by atoms with Crippen LogP contribution in [0.1, 0.15) is 11.1 Å². The highest BCUT2D eigenvalue weighted by Crippen LogP contribution is 2.22. The van der Waals surface area contributed by atoms with Gasteiger partial charge in [0.25, 0.3) is 5.78 Å². The van der Waals surface area contributed by atoms with Gasteiger partial charge in [0, 0.05) is 21.1 Å². The van der Waals surface area contributed by atoms with Crippen molar-refractivity contribution in [3.8, 4) is 0 Å². The first-order valence-electron chi connectivity index (χ1n) is 6.97. The molecule has 120 valence electrons. The number of benzene rings is 2. The molecule has 0 saturated carbocycles. The van der Waals surface area contributed by atoms with Gasteiger partial charge in [0.2, 0.25) is 11.6 Å². The third-order valence-electron chi connectivity index (χ3n) is 3.06. The molecule has 0 N–H and O–H groups in total. The maximum atomic E-state index is 12.0. The molecule has 2 rings (SSSR count). The summed E-state index contributed by atoms with van der Waals surface area (Å²) in [7, 11) is 0. The maximum absolute atomic E-state index is 12.0. The van der Waals surface area contributed by atoms with E-state index in [4.69, 9.17) is 0 Å². The Morgan fingerprint density at radius 1 is 0.625 bits per heavy atom. The van der Waals surface area contributed by atoms with Crippen LogP contribution in [0.2, 0.25) is 0 Å². The van der Waals surface area contributed by atoms with Crippen LogP contribution in [0.25, 0.3) is 8.96 Å². The molecule has 0 spiro atoms. The van der Waals surface area contributed by atoms with Crippen molar-refractivity contribution in [3.63, 3.8) is 0 Å². The van der Waals surface area contributed by atoms with Gasteiger partial charge in [-0.1, -0.05) is 92.5 Å². The van der Waals surface area contributed by atoms with Gasteiger partial charge in [-0.15, -0.1) is 0 Å². The van der Waals surface area contributed by atoms with E-state index in [1.807, 2.05) is 36.4 Å². The molecule has 0 radical (unpaired) electrons. The first kappa shape index (κ1) is 18.2. The Bertz CT molecular complexity index is 753. The fourth-order valence-corrected chi connectivity index (χ4v) is 2.79.